The van der Waals surface area contributed by atoms with E-state index < -0.39 is 0 Å². The number of aryl methyl sites for hydroxylation is 1. The number of hydrogen-bond acceptors (Lipinski definition) is 7. The van der Waals surface area contributed by atoms with Gasteiger partial charge in [0.15, 0.2) is 5.16 Å². The van der Waals surface area contributed by atoms with Crippen LogP contribution in [0.3, 0.4) is 0 Å². The SMILES string of the molecule is Cc1cccc(-c2noc(CSc3nc4ccsc4c(=O)n3CC(C)C)n2)c1. The number of thioether (sulfide) groups is 1. The fourth-order valence-electron chi connectivity index (χ4n) is 2.90. The molecule has 0 atom stereocenters. The summed E-state index contributed by atoms with van der Waals surface area (Å²) in [7, 11) is 0. The van der Waals surface area contributed by atoms with Crippen LogP contribution in [0.1, 0.15) is 25.3 Å². The van der Waals surface area contributed by atoms with Crippen LogP contribution in [0.2, 0.25) is 0 Å². The number of aromatic nitrogens is 4. The Bertz CT molecular complexity index is 1180. The maximum atomic E-state index is 12.8. The first-order valence-electron chi connectivity index (χ1n) is 9.01. The molecule has 6 nitrogen and oxygen atoms in total. The molecule has 3 aromatic heterocycles. The standard InChI is InChI=1S/C20H20N4O2S2/c1-12(2)10-24-19(25)17-15(7-8-27-17)21-20(24)28-11-16-22-18(23-26-16)14-6-4-5-13(3)9-14/h4-9,12H,10-11H2,1-3H3. The lowest BCUT2D eigenvalue weighted by molar-refractivity contribution is 0.391. The first-order valence-corrected chi connectivity index (χ1v) is 10.9. The van der Waals surface area contributed by atoms with Crippen LogP contribution in [0, 0.1) is 12.8 Å². The lowest BCUT2D eigenvalue weighted by atomic mass is 10.1. The highest BCUT2D eigenvalue weighted by molar-refractivity contribution is 7.98. The van der Waals surface area contributed by atoms with Crippen molar-refractivity contribution in [1.29, 1.82) is 0 Å². The molecule has 0 spiro atoms. The quantitative estimate of drug-likeness (QED) is 0.336. The minimum Gasteiger partial charge on any atom is -0.338 e. The largest absolute Gasteiger partial charge is 0.338 e. The number of fused-ring (bicyclic) bond motifs is 1. The maximum absolute atomic E-state index is 12.8. The fraction of sp³-hybridized carbons (Fsp3) is 0.300. The predicted molar refractivity (Wildman–Crippen MR) is 113 cm³/mol. The van der Waals surface area contributed by atoms with E-state index in [0.717, 1.165) is 16.6 Å². The number of rotatable bonds is 6. The molecule has 28 heavy (non-hydrogen) atoms. The van der Waals surface area contributed by atoms with Crippen LogP contribution in [0.25, 0.3) is 21.6 Å². The summed E-state index contributed by atoms with van der Waals surface area (Å²) in [5, 5.41) is 6.67. The summed E-state index contributed by atoms with van der Waals surface area (Å²) in [5.41, 5.74) is 2.82. The zero-order valence-electron chi connectivity index (χ0n) is 15.9. The van der Waals surface area contributed by atoms with Gasteiger partial charge in [0.1, 0.15) is 4.70 Å². The third-order valence-electron chi connectivity index (χ3n) is 4.15. The number of thiophene rings is 1. The smallest absolute Gasteiger partial charge is 0.272 e. The second kappa shape index (κ2) is 7.89. The lowest BCUT2D eigenvalue weighted by Gasteiger charge is -2.13. The zero-order chi connectivity index (χ0) is 19.7. The molecule has 0 aliphatic heterocycles. The van der Waals surface area contributed by atoms with Gasteiger partial charge in [-0.3, -0.25) is 9.36 Å². The second-order valence-corrected chi connectivity index (χ2v) is 8.87. The molecule has 3 heterocycles. The van der Waals surface area contributed by atoms with Crippen molar-refractivity contribution in [2.75, 3.05) is 0 Å². The molecule has 0 saturated carbocycles. The molecule has 1 aromatic carbocycles. The van der Waals surface area contributed by atoms with E-state index in [2.05, 4.69) is 29.0 Å². The van der Waals surface area contributed by atoms with Crippen LogP contribution in [-0.2, 0) is 12.3 Å². The third kappa shape index (κ3) is 3.88. The Morgan fingerprint density at radius 2 is 2.11 bits per heavy atom. The minimum absolute atomic E-state index is 0.0159. The second-order valence-electron chi connectivity index (χ2n) is 7.01. The van der Waals surface area contributed by atoms with Gasteiger partial charge in [0, 0.05) is 12.1 Å². The molecule has 0 aliphatic rings. The van der Waals surface area contributed by atoms with Crippen molar-refractivity contribution in [2.24, 2.45) is 5.92 Å². The molecule has 4 rings (SSSR count). The number of nitrogens with zero attached hydrogens (tertiary/aromatic N) is 4. The average Bonchev–Trinajstić information content (AvgIpc) is 3.32. The third-order valence-corrected chi connectivity index (χ3v) is 6.00. The van der Waals surface area contributed by atoms with Gasteiger partial charge in [-0.2, -0.15) is 4.98 Å². The Morgan fingerprint density at radius 1 is 1.25 bits per heavy atom. The molecule has 4 aromatic rings. The van der Waals surface area contributed by atoms with E-state index in [0.29, 0.717) is 39.8 Å². The van der Waals surface area contributed by atoms with Crippen molar-refractivity contribution in [3.63, 3.8) is 0 Å². The lowest BCUT2D eigenvalue weighted by Crippen LogP contribution is -2.24. The van der Waals surface area contributed by atoms with E-state index in [4.69, 9.17) is 4.52 Å². The van der Waals surface area contributed by atoms with E-state index in [-0.39, 0.29) is 5.56 Å². The normalized spacial score (nSPS) is 11.6. The van der Waals surface area contributed by atoms with Crippen molar-refractivity contribution in [3.8, 4) is 11.4 Å². The van der Waals surface area contributed by atoms with Gasteiger partial charge >= 0.3 is 0 Å². The van der Waals surface area contributed by atoms with Gasteiger partial charge in [-0.1, -0.05) is 54.5 Å². The molecule has 0 aliphatic carbocycles. The Balaban J connectivity index is 1.60. The van der Waals surface area contributed by atoms with Crippen LogP contribution in [0.4, 0.5) is 0 Å². The van der Waals surface area contributed by atoms with Crippen LogP contribution >= 0.6 is 23.1 Å². The van der Waals surface area contributed by atoms with E-state index in [1.807, 2.05) is 42.6 Å². The molecule has 0 saturated heterocycles. The van der Waals surface area contributed by atoms with Gasteiger partial charge in [0.2, 0.25) is 11.7 Å². The van der Waals surface area contributed by atoms with Crippen molar-refractivity contribution in [1.82, 2.24) is 19.7 Å². The monoisotopic (exact) mass is 412 g/mol. The van der Waals surface area contributed by atoms with E-state index in [1.165, 1.54) is 23.1 Å². The molecular formula is C20H20N4O2S2. The van der Waals surface area contributed by atoms with Crippen molar-refractivity contribution in [3.05, 3.63) is 57.5 Å². The highest BCUT2D eigenvalue weighted by Crippen LogP contribution is 2.25. The Hall–Kier alpha value is -2.45. The molecular weight excluding hydrogens is 392 g/mol. The fourth-order valence-corrected chi connectivity index (χ4v) is 4.53. The van der Waals surface area contributed by atoms with E-state index in [9.17, 15) is 4.79 Å². The summed E-state index contributed by atoms with van der Waals surface area (Å²) in [4.78, 5) is 22.0. The maximum Gasteiger partial charge on any atom is 0.272 e. The summed E-state index contributed by atoms with van der Waals surface area (Å²) in [6.07, 6.45) is 0. The molecule has 0 bridgehead atoms. The summed E-state index contributed by atoms with van der Waals surface area (Å²) in [6.45, 7) is 6.83. The molecule has 0 unspecified atom stereocenters. The first-order chi connectivity index (χ1) is 13.5. The number of benzene rings is 1. The van der Waals surface area contributed by atoms with Crippen LogP contribution in [0.5, 0.6) is 0 Å². The molecule has 0 amide bonds. The average molecular weight is 413 g/mol. The Kier molecular flexibility index (Phi) is 5.32. The molecule has 0 radical (unpaired) electrons. The van der Waals surface area contributed by atoms with Gasteiger partial charge in [0.05, 0.1) is 11.3 Å². The van der Waals surface area contributed by atoms with Gasteiger partial charge in [-0.25, -0.2) is 4.98 Å². The Labute approximate surface area is 170 Å². The predicted octanol–water partition coefficient (Wildman–Crippen LogP) is 4.76. The summed E-state index contributed by atoms with van der Waals surface area (Å²) in [6, 6.07) is 9.86. The Morgan fingerprint density at radius 3 is 2.89 bits per heavy atom. The van der Waals surface area contributed by atoms with Gasteiger partial charge < -0.3 is 4.52 Å². The first kappa shape index (κ1) is 18.9. The van der Waals surface area contributed by atoms with E-state index in [1.54, 1.807) is 4.57 Å². The van der Waals surface area contributed by atoms with Gasteiger partial charge in [-0.15, -0.1) is 11.3 Å². The summed E-state index contributed by atoms with van der Waals surface area (Å²) < 4.78 is 7.86. The van der Waals surface area contributed by atoms with Crippen molar-refractivity contribution in [2.45, 2.75) is 38.2 Å². The van der Waals surface area contributed by atoms with Gasteiger partial charge in [0.25, 0.3) is 5.56 Å². The van der Waals surface area contributed by atoms with E-state index >= 15 is 0 Å². The molecule has 8 heteroatoms. The van der Waals surface area contributed by atoms with Crippen LogP contribution in [-0.4, -0.2) is 19.7 Å². The summed E-state index contributed by atoms with van der Waals surface area (Å²) in [5.74, 6) is 1.88. The molecule has 0 N–H and O–H groups in total. The van der Waals surface area contributed by atoms with Crippen molar-refractivity contribution >= 4 is 33.3 Å². The van der Waals surface area contributed by atoms with Gasteiger partial charge in [-0.05, 0) is 30.4 Å². The van der Waals surface area contributed by atoms with Crippen molar-refractivity contribution < 1.29 is 4.52 Å². The minimum atomic E-state index is 0.0159. The molecule has 144 valence electrons. The summed E-state index contributed by atoms with van der Waals surface area (Å²) >= 11 is 2.88. The topological polar surface area (TPSA) is 73.8 Å². The van der Waals surface area contributed by atoms with Crippen LogP contribution in [0.15, 0.2) is 50.2 Å². The number of hydrogen-bond donors (Lipinski definition) is 0. The highest BCUT2D eigenvalue weighted by Gasteiger charge is 2.16. The molecule has 0 fully saturated rings. The highest BCUT2D eigenvalue weighted by atomic mass is 32.2. The zero-order valence-corrected chi connectivity index (χ0v) is 17.5. The van der Waals surface area contributed by atoms with Crippen LogP contribution < -0.4 is 5.56 Å².